The van der Waals surface area contributed by atoms with Crippen molar-refractivity contribution in [1.29, 1.82) is 0 Å². The Bertz CT molecular complexity index is 1080. The van der Waals surface area contributed by atoms with E-state index in [0.717, 1.165) is 24.0 Å². The molecule has 4 rings (SSSR count). The molecule has 1 spiro atoms. The number of rotatable bonds is 8. The molecule has 4 amide bonds. The van der Waals surface area contributed by atoms with Gasteiger partial charge in [-0.3, -0.25) is 19.3 Å². The Kier molecular flexibility index (Phi) is 6.95. The first-order valence-corrected chi connectivity index (χ1v) is 11.7. The number of benzene rings is 2. The zero-order chi connectivity index (χ0) is 24.1. The van der Waals surface area contributed by atoms with Crippen LogP contribution in [0.3, 0.4) is 0 Å². The second kappa shape index (κ2) is 10.1. The van der Waals surface area contributed by atoms with E-state index in [1.807, 2.05) is 48.5 Å². The molecule has 0 radical (unpaired) electrons. The quantitative estimate of drug-likeness (QED) is 0.457. The molecule has 1 unspecified atom stereocenters. The van der Waals surface area contributed by atoms with E-state index in [-0.39, 0.29) is 25.3 Å². The summed E-state index contributed by atoms with van der Waals surface area (Å²) in [4.78, 5) is 51.0. The van der Waals surface area contributed by atoms with Crippen molar-refractivity contribution in [1.82, 2.24) is 10.2 Å². The third kappa shape index (κ3) is 4.95. The van der Waals surface area contributed by atoms with Crippen molar-refractivity contribution in [3.63, 3.8) is 0 Å². The minimum atomic E-state index is -0.991. The monoisotopic (exact) mass is 463 g/mol. The lowest BCUT2D eigenvalue weighted by Gasteiger charge is -2.20. The highest BCUT2D eigenvalue weighted by molar-refractivity contribution is 6.07. The summed E-state index contributed by atoms with van der Waals surface area (Å²) in [5.41, 5.74) is 1.70. The molecule has 8 heteroatoms. The molecule has 1 saturated heterocycles. The van der Waals surface area contributed by atoms with Crippen molar-refractivity contribution in [3.05, 3.63) is 54.6 Å². The number of nitrogens with one attached hydrogen (secondary N) is 2. The standard InChI is InChI=1S/C26H29N3O5/c1-18(23(31)27-21-13-6-5-12-20(21)19-10-3-2-4-11-19)34-22(30)14-9-17-29-24(32)26(28-25(29)33)15-7-8-16-26/h2-6,10-13,18H,7-9,14-17H2,1H3,(H,27,31)(H,28,33). The van der Waals surface area contributed by atoms with Crippen LogP contribution in [0.15, 0.2) is 54.6 Å². The number of carbonyl (C=O) groups is 4. The highest BCUT2D eigenvalue weighted by atomic mass is 16.5. The summed E-state index contributed by atoms with van der Waals surface area (Å²) in [5.74, 6) is -1.19. The molecule has 2 N–H and O–H groups in total. The van der Waals surface area contributed by atoms with E-state index in [2.05, 4.69) is 10.6 Å². The fraction of sp³-hybridized carbons (Fsp3) is 0.385. The lowest BCUT2D eigenvalue weighted by atomic mass is 9.98. The first-order chi connectivity index (χ1) is 16.4. The predicted molar refractivity (Wildman–Crippen MR) is 127 cm³/mol. The topological polar surface area (TPSA) is 105 Å². The van der Waals surface area contributed by atoms with Gasteiger partial charge in [-0.25, -0.2) is 4.79 Å². The van der Waals surface area contributed by atoms with Crippen molar-refractivity contribution in [2.75, 3.05) is 11.9 Å². The zero-order valence-electron chi connectivity index (χ0n) is 19.2. The maximum atomic E-state index is 12.7. The molecule has 1 heterocycles. The third-order valence-corrected chi connectivity index (χ3v) is 6.41. The van der Waals surface area contributed by atoms with Gasteiger partial charge in [-0.1, -0.05) is 61.4 Å². The Morgan fingerprint density at radius 1 is 1.06 bits per heavy atom. The van der Waals surface area contributed by atoms with Gasteiger partial charge in [-0.2, -0.15) is 0 Å². The predicted octanol–water partition coefficient (Wildman–Crippen LogP) is 3.87. The number of para-hydroxylation sites is 1. The molecule has 2 fully saturated rings. The van der Waals surface area contributed by atoms with Crippen LogP contribution in [0.4, 0.5) is 10.5 Å². The summed E-state index contributed by atoms with van der Waals surface area (Å²) >= 11 is 0. The molecule has 2 aliphatic rings. The van der Waals surface area contributed by atoms with Gasteiger partial charge in [-0.15, -0.1) is 0 Å². The number of amides is 4. The van der Waals surface area contributed by atoms with Crippen molar-refractivity contribution in [2.24, 2.45) is 0 Å². The largest absolute Gasteiger partial charge is 0.453 e. The number of hydrogen-bond donors (Lipinski definition) is 2. The Morgan fingerprint density at radius 3 is 2.47 bits per heavy atom. The number of urea groups is 1. The van der Waals surface area contributed by atoms with Gasteiger partial charge in [0.2, 0.25) is 0 Å². The van der Waals surface area contributed by atoms with E-state index in [0.29, 0.717) is 18.5 Å². The second-order valence-corrected chi connectivity index (χ2v) is 8.81. The Balaban J connectivity index is 1.26. The van der Waals surface area contributed by atoms with Crippen molar-refractivity contribution in [2.45, 2.75) is 57.1 Å². The second-order valence-electron chi connectivity index (χ2n) is 8.81. The van der Waals surface area contributed by atoms with Gasteiger partial charge >= 0.3 is 12.0 Å². The molecule has 1 aliphatic heterocycles. The Morgan fingerprint density at radius 2 is 1.74 bits per heavy atom. The van der Waals surface area contributed by atoms with Gasteiger partial charge in [0.25, 0.3) is 11.8 Å². The summed E-state index contributed by atoms with van der Waals surface area (Å²) in [6.45, 7) is 1.66. The molecule has 1 atom stereocenters. The fourth-order valence-electron chi connectivity index (χ4n) is 4.58. The molecule has 0 bridgehead atoms. The van der Waals surface area contributed by atoms with Gasteiger partial charge in [-0.05, 0) is 37.8 Å². The zero-order valence-corrected chi connectivity index (χ0v) is 19.2. The van der Waals surface area contributed by atoms with Gasteiger partial charge in [0, 0.05) is 24.2 Å². The van der Waals surface area contributed by atoms with Crippen LogP contribution in [0.1, 0.15) is 45.4 Å². The minimum absolute atomic E-state index is 0.00226. The number of esters is 1. The summed E-state index contributed by atoms with van der Waals surface area (Å²) in [6.07, 6.45) is 2.45. The molecular formula is C26H29N3O5. The molecule has 2 aromatic carbocycles. The number of nitrogens with zero attached hydrogens (tertiary/aromatic N) is 1. The van der Waals surface area contributed by atoms with E-state index < -0.39 is 29.6 Å². The van der Waals surface area contributed by atoms with Crippen LogP contribution in [-0.4, -0.2) is 46.9 Å². The van der Waals surface area contributed by atoms with Crippen molar-refractivity contribution in [3.8, 4) is 11.1 Å². The maximum absolute atomic E-state index is 12.7. The van der Waals surface area contributed by atoms with Gasteiger partial charge < -0.3 is 15.4 Å². The Hall–Kier alpha value is -3.68. The molecule has 34 heavy (non-hydrogen) atoms. The number of anilines is 1. The average molecular weight is 464 g/mol. The lowest BCUT2D eigenvalue weighted by Crippen LogP contribution is -2.44. The number of carbonyl (C=O) groups excluding carboxylic acids is 4. The molecule has 8 nitrogen and oxygen atoms in total. The number of imide groups is 1. The molecular weight excluding hydrogens is 434 g/mol. The minimum Gasteiger partial charge on any atom is -0.453 e. The van der Waals surface area contributed by atoms with E-state index in [1.54, 1.807) is 6.07 Å². The summed E-state index contributed by atoms with van der Waals surface area (Å²) in [6, 6.07) is 16.7. The van der Waals surface area contributed by atoms with E-state index >= 15 is 0 Å². The first kappa shape index (κ1) is 23.5. The van der Waals surface area contributed by atoms with Gasteiger partial charge in [0.1, 0.15) is 5.54 Å². The molecule has 0 aromatic heterocycles. The van der Waals surface area contributed by atoms with Crippen LogP contribution in [0, 0.1) is 0 Å². The molecule has 1 aliphatic carbocycles. The van der Waals surface area contributed by atoms with Gasteiger partial charge in [0.05, 0.1) is 0 Å². The molecule has 2 aromatic rings. The van der Waals surface area contributed by atoms with E-state index in [9.17, 15) is 19.2 Å². The number of hydrogen-bond acceptors (Lipinski definition) is 5. The maximum Gasteiger partial charge on any atom is 0.325 e. The highest BCUT2D eigenvalue weighted by Crippen LogP contribution is 2.35. The molecule has 1 saturated carbocycles. The average Bonchev–Trinajstić information content (AvgIpc) is 3.40. The first-order valence-electron chi connectivity index (χ1n) is 11.7. The van der Waals surface area contributed by atoms with Crippen molar-refractivity contribution < 1.29 is 23.9 Å². The van der Waals surface area contributed by atoms with E-state index in [1.165, 1.54) is 11.8 Å². The lowest BCUT2D eigenvalue weighted by molar-refractivity contribution is -0.153. The van der Waals surface area contributed by atoms with Crippen molar-refractivity contribution >= 4 is 29.5 Å². The SMILES string of the molecule is CC(OC(=O)CCCN1C(=O)NC2(CCCC2)C1=O)C(=O)Nc1ccccc1-c1ccccc1. The normalized spacial score (nSPS) is 17.5. The van der Waals surface area contributed by atoms with E-state index in [4.69, 9.17) is 4.74 Å². The molecule has 178 valence electrons. The van der Waals surface area contributed by atoms with Crippen LogP contribution < -0.4 is 10.6 Å². The van der Waals surface area contributed by atoms with Crippen LogP contribution in [0.25, 0.3) is 11.1 Å². The fourth-order valence-corrected chi connectivity index (χ4v) is 4.58. The summed E-state index contributed by atoms with van der Waals surface area (Å²) in [5, 5.41) is 5.65. The highest BCUT2D eigenvalue weighted by Gasteiger charge is 2.52. The van der Waals surface area contributed by atoms with Crippen LogP contribution in [0.2, 0.25) is 0 Å². The summed E-state index contributed by atoms with van der Waals surface area (Å²) < 4.78 is 5.29. The Labute approximate surface area is 198 Å². The van der Waals surface area contributed by atoms with Crippen LogP contribution >= 0.6 is 0 Å². The smallest absolute Gasteiger partial charge is 0.325 e. The third-order valence-electron chi connectivity index (χ3n) is 6.41. The number of ether oxygens (including phenoxy) is 1. The summed E-state index contributed by atoms with van der Waals surface area (Å²) in [7, 11) is 0. The van der Waals surface area contributed by atoms with Crippen LogP contribution in [-0.2, 0) is 19.1 Å². The van der Waals surface area contributed by atoms with Gasteiger partial charge in [0.15, 0.2) is 6.10 Å². The van der Waals surface area contributed by atoms with Crippen LogP contribution in [0.5, 0.6) is 0 Å².